The van der Waals surface area contributed by atoms with Crippen LogP contribution in [-0.2, 0) is 9.84 Å². The van der Waals surface area contributed by atoms with E-state index < -0.39 is 9.84 Å². The average Bonchev–Trinajstić information content (AvgIpc) is 3.04. The number of sulfone groups is 1. The Balaban J connectivity index is 2.00. The first-order chi connectivity index (χ1) is 8.08. The molecule has 1 aromatic rings. The van der Waals surface area contributed by atoms with Crippen molar-refractivity contribution in [1.29, 1.82) is 0 Å². The molecule has 3 rings (SSSR count). The van der Waals surface area contributed by atoms with Crippen LogP contribution in [0.2, 0.25) is 5.02 Å². The minimum absolute atomic E-state index is 0.331. The third-order valence-electron chi connectivity index (χ3n) is 3.06. The van der Waals surface area contributed by atoms with E-state index in [2.05, 4.69) is 5.32 Å². The fourth-order valence-electron chi connectivity index (χ4n) is 2.03. The predicted octanol–water partition coefficient (Wildman–Crippen LogP) is 2.22. The summed E-state index contributed by atoms with van der Waals surface area (Å²) in [5.74, 6) is 0. The van der Waals surface area contributed by atoms with Gasteiger partial charge in [0.25, 0.3) is 0 Å². The Morgan fingerprint density at radius 2 is 2.12 bits per heavy atom. The van der Waals surface area contributed by atoms with Crippen molar-refractivity contribution < 1.29 is 8.42 Å². The molecule has 0 spiro atoms. The van der Waals surface area contributed by atoms with Crippen molar-refractivity contribution in [2.45, 2.75) is 23.8 Å². The van der Waals surface area contributed by atoms with E-state index in [-0.39, 0.29) is 0 Å². The first-order valence-electron chi connectivity index (χ1n) is 5.56. The molecule has 5 heteroatoms. The third-order valence-corrected chi connectivity index (χ3v) is 4.92. The Bertz CT molecular complexity index is 603. The normalized spacial score (nSPS) is 21.1. The molecule has 17 heavy (non-hydrogen) atoms. The van der Waals surface area contributed by atoms with Gasteiger partial charge in [-0.25, -0.2) is 8.42 Å². The van der Waals surface area contributed by atoms with Crippen LogP contribution in [0.15, 0.2) is 28.5 Å². The molecule has 3 nitrogen and oxygen atoms in total. The van der Waals surface area contributed by atoms with E-state index in [0.717, 1.165) is 5.57 Å². The lowest BCUT2D eigenvalue weighted by Gasteiger charge is -2.07. The van der Waals surface area contributed by atoms with E-state index in [1.54, 1.807) is 18.2 Å². The molecule has 2 aliphatic rings. The van der Waals surface area contributed by atoms with Gasteiger partial charge in [-0.1, -0.05) is 17.7 Å². The lowest BCUT2D eigenvalue weighted by molar-refractivity contribution is 0.605. The van der Waals surface area contributed by atoms with Crippen molar-refractivity contribution in [3.05, 3.63) is 34.2 Å². The SMILES string of the molecule is O=S1(=O)C=C(CNC2CC2)c2c(Cl)cccc21. The average molecular weight is 270 g/mol. The number of hydrogen-bond acceptors (Lipinski definition) is 3. The van der Waals surface area contributed by atoms with Crippen LogP contribution in [0.3, 0.4) is 0 Å². The van der Waals surface area contributed by atoms with Crippen LogP contribution in [0.25, 0.3) is 5.57 Å². The standard InChI is InChI=1S/C12H12ClNO2S/c13-10-2-1-3-11-12(10)8(7-17(11,15)16)6-14-9-4-5-9/h1-3,7,9,14H,4-6H2. The van der Waals surface area contributed by atoms with Gasteiger partial charge in [-0.15, -0.1) is 0 Å². The van der Waals surface area contributed by atoms with Crippen LogP contribution in [-0.4, -0.2) is 21.0 Å². The number of benzene rings is 1. The Morgan fingerprint density at radius 3 is 2.82 bits per heavy atom. The number of halogens is 1. The van der Waals surface area contributed by atoms with Gasteiger partial charge in [0.1, 0.15) is 0 Å². The van der Waals surface area contributed by atoms with Crippen LogP contribution >= 0.6 is 11.6 Å². The lowest BCUT2D eigenvalue weighted by Crippen LogP contribution is -2.18. The summed E-state index contributed by atoms with van der Waals surface area (Å²) in [7, 11) is -3.29. The van der Waals surface area contributed by atoms with Crippen LogP contribution in [0.1, 0.15) is 18.4 Å². The molecule has 0 radical (unpaired) electrons. The van der Waals surface area contributed by atoms with Gasteiger partial charge >= 0.3 is 0 Å². The van der Waals surface area contributed by atoms with E-state index in [1.807, 2.05) is 0 Å². The Kier molecular flexibility index (Phi) is 2.54. The molecular formula is C12H12ClNO2S. The smallest absolute Gasteiger partial charge is 0.200 e. The molecular weight excluding hydrogens is 258 g/mol. The quantitative estimate of drug-likeness (QED) is 0.915. The highest BCUT2D eigenvalue weighted by atomic mass is 35.5. The summed E-state index contributed by atoms with van der Waals surface area (Å²) < 4.78 is 23.8. The molecule has 0 atom stereocenters. The molecule has 1 aliphatic heterocycles. The van der Waals surface area contributed by atoms with E-state index in [0.29, 0.717) is 28.1 Å². The van der Waals surface area contributed by atoms with Gasteiger partial charge in [0.05, 0.1) is 4.90 Å². The molecule has 1 saturated carbocycles. The molecule has 90 valence electrons. The minimum Gasteiger partial charge on any atom is -0.310 e. The van der Waals surface area contributed by atoms with Crippen molar-refractivity contribution in [3.63, 3.8) is 0 Å². The predicted molar refractivity (Wildman–Crippen MR) is 67.6 cm³/mol. The zero-order valence-corrected chi connectivity index (χ0v) is 10.7. The molecule has 0 saturated heterocycles. The Hall–Kier alpha value is -0.840. The van der Waals surface area contributed by atoms with Crippen molar-refractivity contribution in [2.75, 3.05) is 6.54 Å². The van der Waals surface area contributed by atoms with Gasteiger partial charge in [0.15, 0.2) is 0 Å². The summed E-state index contributed by atoms with van der Waals surface area (Å²) in [6.07, 6.45) is 2.35. The molecule has 0 amide bonds. The second kappa shape index (κ2) is 3.83. The third kappa shape index (κ3) is 2.01. The number of fused-ring (bicyclic) bond motifs is 1. The number of hydrogen-bond donors (Lipinski definition) is 1. The van der Waals surface area contributed by atoms with E-state index in [1.165, 1.54) is 18.2 Å². The fourth-order valence-corrected chi connectivity index (χ4v) is 3.88. The van der Waals surface area contributed by atoms with Gasteiger partial charge in [-0.3, -0.25) is 0 Å². The molecule has 0 bridgehead atoms. The molecule has 1 heterocycles. The molecule has 1 N–H and O–H groups in total. The van der Waals surface area contributed by atoms with Crippen molar-refractivity contribution in [2.24, 2.45) is 0 Å². The van der Waals surface area contributed by atoms with Crippen molar-refractivity contribution in [1.82, 2.24) is 5.32 Å². The first kappa shape index (κ1) is 11.3. The first-order valence-corrected chi connectivity index (χ1v) is 7.48. The summed E-state index contributed by atoms with van der Waals surface area (Å²) in [6, 6.07) is 5.55. The molecule has 1 aromatic carbocycles. The van der Waals surface area contributed by atoms with Crippen LogP contribution in [0.5, 0.6) is 0 Å². The zero-order valence-electron chi connectivity index (χ0n) is 9.11. The molecule has 1 fully saturated rings. The summed E-state index contributed by atoms with van der Waals surface area (Å²) in [6.45, 7) is 0.570. The van der Waals surface area contributed by atoms with Crippen LogP contribution in [0.4, 0.5) is 0 Å². The second-order valence-electron chi connectivity index (χ2n) is 4.46. The second-order valence-corrected chi connectivity index (χ2v) is 6.63. The van der Waals surface area contributed by atoms with Crippen LogP contribution in [0, 0.1) is 0 Å². The molecule has 0 unspecified atom stereocenters. The van der Waals surface area contributed by atoms with Crippen LogP contribution < -0.4 is 5.32 Å². The van der Waals surface area contributed by atoms with Gasteiger partial charge in [-0.05, 0) is 30.5 Å². The molecule has 0 aromatic heterocycles. The van der Waals surface area contributed by atoms with E-state index in [9.17, 15) is 8.42 Å². The van der Waals surface area contributed by atoms with Gasteiger partial charge in [0.2, 0.25) is 9.84 Å². The molecule has 1 aliphatic carbocycles. The zero-order chi connectivity index (χ0) is 12.0. The lowest BCUT2D eigenvalue weighted by atomic mass is 10.1. The highest BCUT2D eigenvalue weighted by molar-refractivity contribution is 7.95. The Morgan fingerprint density at radius 1 is 1.35 bits per heavy atom. The van der Waals surface area contributed by atoms with Gasteiger partial charge in [0, 0.05) is 28.6 Å². The monoisotopic (exact) mass is 269 g/mol. The van der Waals surface area contributed by atoms with Crippen molar-refractivity contribution >= 4 is 27.0 Å². The number of nitrogens with one attached hydrogen (secondary N) is 1. The highest BCUT2D eigenvalue weighted by Gasteiger charge is 2.29. The fraction of sp³-hybridized carbons (Fsp3) is 0.333. The minimum atomic E-state index is -3.29. The summed E-state index contributed by atoms with van der Waals surface area (Å²) in [5.41, 5.74) is 1.44. The van der Waals surface area contributed by atoms with Gasteiger partial charge in [-0.2, -0.15) is 0 Å². The maximum atomic E-state index is 11.9. The Labute approximate surface area is 105 Å². The maximum Gasteiger partial charge on any atom is 0.200 e. The van der Waals surface area contributed by atoms with Gasteiger partial charge < -0.3 is 5.32 Å². The number of rotatable bonds is 3. The van der Waals surface area contributed by atoms with E-state index in [4.69, 9.17) is 11.6 Å². The topological polar surface area (TPSA) is 46.2 Å². The van der Waals surface area contributed by atoms with Crippen molar-refractivity contribution in [3.8, 4) is 0 Å². The summed E-state index contributed by atoms with van der Waals surface area (Å²) in [4.78, 5) is 0.331. The summed E-state index contributed by atoms with van der Waals surface area (Å²) in [5, 5.41) is 5.15. The van der Waals surface area contributed by atoms with E-state index >= 15 is 0 Å². The highest BCUT2D eigenvalue weighted by Crippen LogP contribution is 2.37. The largest absolute Gasteiger partial charge is 0.310 e. The summed E-state index contributed by atoms with van der Waals surface area (Å²) >= 11 is 6.09. The maximum absolute atomic E-state index is 11.9.